The molecule has 1 aliphatic heterocycles. The van der Waals surface area contributed by atoms with Gasteiger partial charge >= 0.3 is 0 Å². The lowest BCUT2D eigenvalue weighted by Crippen LogP contribution is -2.47. The lowest BCUT2D eigenvalue weighted by atomic mass is 10.1. The number of ketones is 1. The van der Waals surface area contributed by atoms with E-state index in [-0.39, 0.29) is 5.78 Å². The molecule has 0 saturated carbocycles. The van der Waals surface area contributed by atoms with Crippen molar-refractivity contribution in [1.29, 1.82) is 0 Å². The average molecular weight is 302 g/mol. The first kappa shape index (κ1) is 14.8. The van der Waals surface area contributed by atoms with Crippen LogP contribution < -0.4 is 0 Å². The average Bonchev–Trinajstić information content (AvgIpc) is 2.42. The molecule has 1 atom stereocenters. The first-order valence-corrected chi connectivity index (χ1v) is 7.17. The third kappa shape index (κ3) is 3.69. The summed E-state index contributed by atoms with van der Waals surface area (Å²) >= 11 is 12.0. The molecule has 3 nitrogen and oxygen atoms in total. The number of benzene rings is 1. The summed E-state index contributed by atoms with van der Waals surface area (Å²) in [5.74, 6) is 0.00727. The van der Waals surface area contributed by atoms with Crippen LogP contribution in [0.5, 0.6) is 0 Å². The lowest BCUT2D eigenvalue weighted by Gasteiger charge is -2.34. The van der Waals surface area contributed by atoms with Gasteiger partial charge in [0, 0.05) is 23.2 Å². The van der Waals surface area contributed by atoms with Gasteiger partial charge in [-0.2, -0.15) is 0 Å². The van der Waals surface area contributed by atoms with E-state index in [0.29, 0.717) is 41.4 Å². The molecule has 1 heterocycles. The zero-order valence-corrected chi connectivity index (χ0v) is 12.4. The molecule has 0 aromatic heterocycles. The number of nitrogens with zero attached hydrogens (tertiary/aromatic N) is 1. The fourth-order valence-corrected chi connectivity index (χ4v) is 2.65. The van der Waals surface area contributed by atoms with Gasteiger partial charge in [-0.05, 0) is 24.6 Å². The number of Topliss-reactive ketones (excluding diaryl/α,β-unsaturated/α-hetero) is 1. The zero-order valence-electron chi connectivity index (χ0n) is 10.9. The van der Waals surface area contributed by atoms with Gasteiger partial charge in [-0.25, -0.2) is 0 Å². The largest absolute Gasteiger partial charge is 0.378 e. The summed E-state index contributed by atoms with van der Waals surface area (Å²) in [5, 5.41) is 0.984. The van der Waals surface area contributed by atoms with Crippen LogP contribution >= 0.6 is 23.2 Å². The highest BCUT2D eigenvalue weighted by Crippen LogP contribution is 2.22. The molecular weight excluding hydrogens is 285 g/mol. The number of carbonyl (C=O) groups excluding carboxylic acids is 1. The summed E-state index contributed by atoms with van der Waals surface area (Å²) in [7, 11) is 0. The van der Waals surface area contributed by atoms with Gasteiger partial charge in [0.1, 0.15) is 0 Å². The summed E-state index contributed by atoms with van der Waals surface area (Å²) in [6, 6.07) is 5.28. The zero-order chi connectivity index (χ0) is 13.8. The molecule has 0 amide bonds. The molecule has 1 aliphatic rings. The Labute approximate surface area is 123 Å². The second-order valence-electron chi connectivity index (χ2n) is 4.65. The fourth-order valence-electron chi connectivity index (χ4n) is 2.25. The number of ether oxygens (including phenoxy) is 1. The quantitative estimate of drug-likeness (QED) is 0.799. The van der Waals surface area contributed by atoms with Crippen molar-refractivity contribution in [1.82, 2.24) is 4.90 Å². The van der Waals surface area contributed by atoms with Gasteiger partial charge < -0.3 is 4.74 Å². The van der Waals surface area contributed by atoms with Gasteiger partial charge in [0.05, 0.1) is 24.8 Å². The predicted molar refractivity (Wildman–Crippen MR) is 77.3 cm³/mol. The normalized spacial score (nSPS) is 20.5. The predicted octanol–water partition coefficient (Wildman–Crippen LogP) is 3.29. The Kier molecular flexibility index (Phi) is 5.22. The van der Waals surface area contributed by atoms with Crippen molar-refractivity contribution < 1.29 is 9.53 Å². The highest BCUT2D eigenvalue weighted by molar-refractivity contribution is 6.36. The minimum atomic E-state index is 0.00727. The Morgan fingerprint density at radius 3 is 3.00 bits per heavy atom. The van der Waals surface area contributed by atoms with Gasteiger partial charge in [-0.15, -0.1) is 0 Å². The topological polar surface area (TPSA) is 29.5 Å². The number of morpholine rings is 1. The van der Waals surface area contributed by atoms with E-state index in [1.54, 1.807) is 18.2 Å². The van der Waals surface area contributed by atoms with E-state index in [2.05, 4.69) is 11.8 Å². The van der Waals surface area contributed by atoms with Crippen LogP contribution in [0.4, 0.5) is 0 Å². The Morgan fingerprint density at radius 1 is 1.47 bits per heavy atom. The monoisotopic (exact) mass is 301 g/mol. The van der Waals surface area contributed by atoms with Crippen LogP contribution in [0.2, 0.25) is 10.0 Å². The number of carbonyl (C=O) groups is 1. The summed E-state index contributed by atoms with van der Waals surface area (Å²) < 4.78 is 5.43. The van der Waals surface area contributed by atoms with Crippen LogP contribution in [0.1, 0.15) is 23.7 Å². The fraction of sp³-hybridized carbons (Fsp3) is 0.500. The van der Waals surface area contributed by atoms with E-state index < -0.39 is 0 Å². The van der Waals surface area contributed by atoms with E-state index in [1.807, 2.05) is 0 Å². The van der Waals surface area contributed by atoms with Gasteiger partial charge in [-0.3, -0.25) is 9.69 Å². The van der Waals surface area contributed by atoms with Crippen LogP contribution in [0.25, 0.3) is 0 Å². The maximum atomic E-state index is 12.3. The van der Waals surface area contributed by atoms with Crippen molar-refractivity contribution in [2.75, 3.05) is 26.3 Å². The molecule has 0 spiro atoms. The molecule has 0 bridgehead atoms. The molecule has 0 aliphatic carbocycles. The first-order chi connectivity index (χ1) is 9.11. The van der Waals surface area contributed by atoms with Crippen molar-refractivity contribution in [3.8, 4) is 0 Å². The standard InChI is InChI=1S/C14H17Cl2NO2/c1-2-11-9-19-6-5-17(11)8-14(18)12-7-10(15)3-4-13(12)16/h3-4,7,11H,2,5-6,8-9H2,1H3. The second kappa shape index (κ2) is 6.71. The molecule has 5 heteroatoms. The van der Waals surface area contributed by atoms with Crippen LogP contribution in [0, 0.1) is 0 Å². The molecule has 1 aromatic rings. The summed E-state index contributed by atoms with van der Waals surface area (Å²) in [4.78, 5) is 14.5. The van der Waals surface area contributed by atoms with Gasteiger partial charge in [-0.1, -0.05) is 30.1 Å². The third-order valence-corrected chi connectivity index (χ3v) is 3.96. The number of hydrogen-bond donors (Lipinski definition) is 0. The molecule has 19 heavy (non-hydrogen) atoms. The Balaban J connectivity index is 2.09. The molecule has 1 aromatic carbocycles. The summed E-state index contributed by atoms with van der Waals surface area (Å²) in [5.41, 5.74) is 0.496. The van der Waals surface area contributed by atoms with E-state index in [1.165, 1.54) is 0 Å². The Bertz CT molecular complexity index is 465. The highest BCUT2D eigenvalue weighted by Gasteiger charge is 2.24. The molecule has 0 N–H and O–H groups in total. The van der Waals surface area contributed by atoms with E-state index in [0.717, 1.165) is 13.0 Å². The molecular formula is C14H17Cl2NO2. The SMILES string of the molecule is CCC1COCCN1CC(=O)c1cc(Cl)ccc1Cl. The molecule has 104 valence electrons. The van der Waals surface area contributed by atoms with Crippen molar-refractivity contribution in [3.05, 3.63) is 33.8 Å². The van der Waals surface area contributed by atoms with Gasteiger partial charge in [0.2, 0.25) is 0 Å². The first-order valence-electron chi connectivity index (χ1n) is 6.42. The van der Waals surface area contributed by atoms with Crippen LogP contribution in [0.15, 0.2) is 18.2 Å². The van der Waals surface area contributed by atoms with Crippen LogP contribution in [-0.2, 0) is 4.74 Å². The van der Waals surface area contributed by atoms with Crippen molar-refractivity contribution in [2.45, 2.75) is 19.4 Å². The molecule has 2 rings (SSSR count). The van der Waals surface area contributed by atoms with Crippen LogP contribution in [0.3, 0.4) is 0 Å². The Morgan fingerprint density at radius 2 is 2.26 bits per heavy atom. The molecule has 1 unspecified atom stereocenters. The number of halogens is 2. The van der Waals surface area contributed by atoms with E-state index >= 15 is 0 Å². The van der Waals surface area contributed by atoms with E-state index in [9.17, 15) is 4.79 Å². The highest BCUT2D eigenvalue weighted by atomic mass is 35.5. The third-order valence-electron chi connectivity index (χ3n) is 3.40. The minimum absolute atomic E-state index is 0.00727. The van der Waals surface area contributed by atoms with Gasteiger partial charge in [0.15, 0.2) is 5.78 Å². The number of hydrogen-bond acceptors (Lipinski definition) is 3. The smallest absolute Gasteiger partial charge is 0.178 e. The molecule has 0 radical (unpaired) electrons. The second-order valence-corrected chi connectivity index (χ2v) is 5.50. The van der Waals surface area contributed by atoms with Crippen LogP contribution in [-0.4, -0.2) is 43.0 Å². The Hall–Kier alpha value is -0.610. The number of rotatable bonds is 4. The molecule has 1 fully saturated rings. The van der Waals surface area contributed by atoms with Crippen molar-refractivity contribution in [2.24, 2.45) is 0 Å². The van der Waals surface area contributed by atoms with Crippen molar-refractivity contribution in [3.63, 3.8) is 0 Å². The van der Waals surface area contributed by atoms with Crippen molar-refractivity contribution >= 4 is 29.0 Å². The molecule has 1 saturated heterocycles. The van der Waals surface area contributed by atoms with E-state index in [4.69, 9.17) is 27.9 Å². The maximum Gasteiger partial charge on any atom is 0.178 e. The van der Waals surface area contributed by atoms with Gasteiger partial charge in [0.25, 0.3) is 0 Å². The summed E-state index contributed by atoms with van der Waals surface area (Å²) in [6.07, 6.45) is 0.969. The minimum Gasteiger partial charge on any atom is -0.378 e. The lowest BCUT2D eigenvalue weighted by molar-refractivity contribution is -0.00585. The summed E-state index contributed by atoms with van der Waals surface area (Å²) in [6.45, 7) is 4.60. The maximum absolute atomic E-state index is 12.3.